The molecule has 1 saturated carbocycles. The van der Waals surface area contributed by atoms with Gasteiger partial charge in [0.05, 0.1) is 16.8 Å². The van der Waals surface area contributed by atoms with E-state index in [2.05, 4.69) is 30.8 Å². The number of halogens is 1. The molecule has 9 N–H and O–H groups in total. The van der Waals surface area contributed by atoms with Crippen LogP contribution < -0.4 is 16.0 Å². The number of hydrogen-bond donors (Lipinski definition) is 7. The Balaban J connectivity index is 0.000000633. The Labute approximate surface area is 283 Å². The summed E-state index contributed by atoms with van der Waals surface area (Å²) >= 11 is 7.17. The minimum Gasteiger partial charge on any atom is -0.479 e. The number of hydrogen-bond acceptors (Lipinski definition) is 12. The second-order valence-electron chi connectivity index (χ2n) is 11.2. The van der Waals surface area contributed by atoms with Crippen LogP contribution in [0.5, 0.6) is 0 Å². The van der Waals surface area contributed by atoms with E-state index in [1.807, 2.05) is 7.05 Å². The number of thiazole rings is 1. The van der Waals surface area contributed by atoms with E-state index in [0.717, 1.165) is 30.1 Å². The van der Waals surface area contributed by atoms with Gasteiger partial charge in [0, 0.05) is 56.6 Å². The average Bonchev–Trinajstić information content (AvgIpc) is 3.45. The highest BCUT2D eigenvalue weighted by Crippen LogP contribution is 2.28. The van der Waals surface area contributed by atoms with Crippen LogP contribution in [-0.4, -0.2) is 133 Å². The predicted octanol–water partition coefficient (Wildman–Crippen LogP) is -1.66. The van der Waals surface area contributed by atoms with Crippen molar-refractivity contribution >= 4 is 64.3 Å². The number of aliphatic hydroxyl groups excluding tert-OH is 2. The van der Waals surface area contributed by atoms with Crippen molar-refractivity contribution in [3.63, 3.8) is 0 Å². The Morgan fingerprint density at radius 3 is 2.21 bits per heavy atom. The van der Waals surface area contributed by atoms with Gasteiger partial charge in [-0.25, -0.2) is 19.6 Å². The Bertz CT molecular complexity index is 1470. The van der Waals surface area contributed by atoms with Gasteiger partial charge in [-0.2, -0.15) is 0 Å². The Hall–Kier alpha value is -4.27. The maximum absolute atomic E-state index is 13.2. The first-order valence-electron chi connectivity index (χ1n) is 14.3. The molecule has 3 heterocycles. The number of aliphatic carboxylic acids is 2. The molecule has 0 bridgehead atoms. The molecule has 2 aromatic rings. The molecule has 4 amide bonds. The quantitative estimate of drug-likeness (QED) is 0.151. The molecule has 1 fully saturated rings. The number of carbonyl (C=O) groups excluding carboxylic acids is 4. The average molecular weight is 716 g/mol. The van der Waals surface area contributed by atoms with Crippen molar-refractivity contribution in [1.29, 1.82) is 0 Å². The fourth-order valence-electron chi connectivity index (χ4n) is 4.87. The van der Waals surface area contributed by atoms with Gasteiger partial charge in [-0.1, -0.05) is 11.6 Å². The zero-order valence-corrected chi connectivity index (χ0v) is 27.7. The van der Waals surface area contributed by atoms with E-state index in [9.17, 15) is 28.8 Å². The van der Waals surface area contributed by atoms with Crippen LogP contribution in [0.15, 0.2) is 18.3 Å². The van der Waals surface area contributed by atoms with Crippen molar-refractivity contribution in [2.45, 2.75) is 56.5 Å². The van der Waals surface area contributed by atoms with E-state index in [4.69, 9.17) is 32.0 Å². The maximum atomic E-state index is 13.2. The van der Waals surface area contributed by atoms with Gasteiger partial charge in [-0.15, -0.1) is 11.3 Å². The number of pyridine rings is 1. The number of aliphatic hydroxyl groups is 2. The number of fused-ring (bicyclic) bond motifs is 1. The zero-order chi connectivity index (χ0) is 35.0. The summed E-state index contributed by atoms with van der Waals surface area (Å²) in [6, 6.07) is 1.95. The first-order chi connectivity index (χ1) is 22.1. The van der Waals surface area contributed by atoms with Crippen molar-refractivity contribution in [3.8, 4) is 0 Å². The number of amides is 4. The predicted molar refractivity (Wildman–Crippen MR) is 170 cm³/mol. The smallest absolute Gasteiger partial charge is 0.335 e. The van der Waals surface area contributed by atoms with E-state index in [0.29, 0.717) is 29.3 Å². The highest BCUT2D eigenvalue weighted by molar-refractivity contribution is 7.13. The molecule has 2 aromatic heterocycles. The number of nitrogens with one attached hydrogen (secondary N) is 3. The van der Waals surface area contributed by atoms with E-state index in [1.54, 1.807) is 20.2 Å². The van der Waals surface area contributed by atoms with Gasteiger partial charge in [-0.3, -0.25) is 19.2 Å². The van der Waals surface area contributed by atoms with Gasteiger partial charge in [0.1, 0.15) is 5.82 Å². The number of aromatic nitrogens is 2. The summed E-state index contributed by atoms with van der Waals surface area (Å²) in [6.07, 6.45) is -1.11. The number of anilines is 1. The third-order valence-corrected chi connectivity index (χ3v) is 8.67. The molecule has 5 atom stereocenters. The molecule has 0 aromatic carbocycles. The van der Waals surface area contributed by atoms with Crippen LogP contribution in [0.2, 0.25) is 5.02 Å². The van der Waals surface area contributed by atoms with Crippen LogP contribution in [0.1, 0.15) is 39.6 Å². The first-order valence-corrected chi connectivity index (χ1v) is 15.5. The lowest BCUT2D eigenvalue weighted by Crippen LogP contribution is -2.57. The van der Waals surface area contributed by atoms with Crippen molar-refractivity contribution in [1.82, 2.24) is 30.4 Å². The molecule has 4 rings (SSSR count). The van der Waals surface area contributed by atoms with Crippen LogP contribution in [0.4, 0.5) is 5.82 Å². The molecule has 1 aliphatic carbocycles. The van der Waals surface area contributed by atoms with E-state index in [-0.39, 0.29) is 29.0 Å². The fourth-order valence-corrected chi connectivity index (χ4v) is 6.07. The number of rotatable bonds is 8. The minimum absolute atomic E-state index is 0. The van der Waals surface area contributed by atoms with Gasteiger partial charge in [0.15, 0.2) is 17.2 Å². The van der Waals surface area contributed by atoms with Crippen molar-refractivity contribution in [3.05, 3.63) is 38.9 Å². The van der Waals surface area contributed by atoms with Gasteiger partial charge in [-0.05, 0) is 38.4 Å². The normalized spacial score (nSPS) is 19.8. The number of carboxylic acids is 2. The Kier molecular flexibility index (Phi) is 14.8. The van der Waals surface area contributed by atoms with Crippen LogP contribution in [0.3, 0.4) is 0 Å². The molecular weight excluding hydrogens is 678 g/mol. The SMILES string of the molecule is CN1CCc2nc(C(=O)N[C@@H]3C[C@@H](C(=O)N(C)C)CC[C@@H]3NC(=O)C(=O)Nc3ccc(Cl)cn3)sc2C1.O.O=C(O)C(O)C(O)C(=O)O. The standard InChI is InChI=1S/C24H30ClN7O4S.C4H6O6.H2O/c1-31(2)24(36)13-4-6-15(27-20(33)21(34)30-19-7-5-14(25)11-26-19)17(10-13)28-22(35)23-29-16-8-9-32(3)12-18(16)37-23;5-1(3(7)8)2(6)4(9)10;/h5,7,11,13,15,17H,4,6,8-10,12H2,1-3H3,(H,27,33)(H,28,35)(H,26,30,34);1-2,5-6H,(H,7,8)(H,9,10);1H2/t13-,15-,17+;;/m0../s1. The molecule has 0 saturated heterocycles. The third kappa shape index (κ3) is 10.9. The van der Waals surface area contributed by atoms with E-state index >= 15 is 0 Å². The van der Waals surface area contributed by atoms with Crippen molar-refractivity contribution in [2.24, 2.45) is 5.92 Å². The molecule has 264 valence electrons. The zero-order valence-electron chi connectivity index (χ0n) is 26.2. The molecule has 20 heteroatoms. The Morgan fingerprint density at radius 1 is 1.00 bits per heavy atom. The lowest BCUT2D eigenvalue weighted by molar-refractivity contribution is -0.165. The van der Waals surface area contributed by atoms with Crippen LogP contribution in [-0.2, 0) is 36.9 Å². The molecular formula is C28H38ClN7O11S. The lowest BCUT2D eigenvalue weighted by Gasteiger charge is -2.37. The summed E-state index contributed by atoms with van der Waals surface area (Å²) in [4.78, 5) is 83.8. The number of carboxylic acid groups (broad SMARTS) is 2. The second-order valence-corrected chi connectivity index (χ2v) is 12.7. The molecule has 2 unspecified atom stereocenters. The third-order valence-electron chi connectivity index (χ3n) is 7.37. The number of carbonyl (C=O) groups is 6. The summed E-state index contributed by atoms with van der Waals surface area (Å²) in [5.41, 5.74) is 0.940. The highest BCUT2D eigenvalue weighted by atomic mass is 35.5. The van der Waals surface area contributed by atoms with Crippen molar-refractivity contribution < 1.29 is 54.7 Å². The molecule has 0 spiro atoms. The summed E-state index contributed by atoms with van der Waals surface area (Å²) in [7, 11) is 5.41. The monoisotopic (exact) mass is 715 g/mol. The highest BCUT2D eigenvalue weighted by Gasteiger charge is 2.38. The van der Waals surface area contributed by atoms with Gasteiger partial charge in [0.2, 0.25) is 5.91 Å². The summed E-state index contributed by atoms with van der Waals surface area (Å²) in [5.74, 6) is -5.78. The van der Waals surface area contributed by atoms with Crippen LogP contribution in [0.25, 0.3) is 0 Å². The summed E-state index contributed by atoms with van der Waals surface area (Å²) in [6.45, 7) is 1.63. The maximum Gasteiger partial charge on any atom is 0.335 e. The number of likely N-dealkylation sites (N-methyl/N-ethyl adjacent to an activating group) is 1. The summed E-state index contributed by atoms with van der Waals surface area (Å²) < 4.78 is 0. The van der Waals surface area contributed by atoms with Gasteiger partial charge in [0.25, 0.3) is 5.91 Å². The van der Waals surface area contributed by atoms with Crippen LogP contribution >= 0.6 is 22.9 Å². The first kappa shape index (κ1) is 39.9. The molecule has 2 aliphatic rings. The van der Waals surface area contributed by atoms with Crippen LogP contribution in [0, 0.1) is 5.92 Å². The molecule has 0 radical (unpaired) electrons. The summed E-state index contributed by atoms with van der Waals surface area (Å²) in [5, 5.41) is 41.4. The van der Waals surface area contributed by atoms with E-state index < -0.39 is 48.0 Å². The number of nitrogens with zero attached hydrogens (tertiary/aromatic N) is 4. The molecule has 48 heavy (non-hydrogen) atoms. The lowest BCUT2D eigenvalue weighted by atomic mass is 9.81. The Morgan fingerprint density at radius 2 is 1.65 bits per heavy atom. The fraction of sp³-hybridized carbons (Fsp3) is 0.500. The van der Waals surface area contributed by atoms with Crippen molar-refractivity contribution in [2.75, 3.05) is 33.0 Å². The topological polar surface area (TPSA) is 283 Å². The largest absolute Gasteiger partial charge is 0.479 e. The van der Waals surface area contributed by atoms with E-state index in [1.165, 1.54) is 28.5 Å². The minimum atomic E-state index is -2.27. The molecule has 1 aliphatic heterocycles. The second kappa shape index (κ2) is 17.8. The van der Waals surface area contributed by atoms with Gasteiger partial charge >= 0.3 is 23.8 Å². The molecule has 18 nitrogen and oxygen atoms in total. The van der Waals surface area contributed by atoms with Gasteiger partial charge < -0.3 is 51.7 Å².